The van der Waals surface area contributed by atoms with E-state index in [1.54, 1.807) is 23.6 Å². The van der Waals surface area contributed by atoms with Crippen LogP contribution in [0.4, 0.5) is 14.5 Å². The zero-order valence-corrected chi connectivity index (χ0v) is 18.0. The fourth-order valence-electron chi connectivity index (χ4n) is 2.87. The third kappa shape index (κ3) is 5.79. The second-order valence-electron chi connectivity index (χ2n) is 6.76. The predicted molar refractivity (Wildman–Crippen MR) is 118 cm³/mol. The average Bonchev–Trinajstić information content (AvgIpc) is 3.17. The number of allylic oxidation sites excluding steroid dienone is 1. The van der Waals surface area contributed by atoms with E-state index in [4.69, 9.17) is 0 Å². The monoisotopic (exact) mass is 457 g/mol. The Balaban J connectivity index is 1.67. The van der Waals surface area contributed by atoms with Gasteiger partial charge in [-0.25, -0.2) is 8.78 Å². The number of carbonyl (C=O) groups is 2. The number of benzene rings is 2. The van der Waals surface area contributed by atoms with E-state index < -0.39 is 23.6 Å². The number of halogens is 2. The molecule has 0 aliphatic carbocycles. The van der Waals surface area contributed by atoms with Gasteiger partial charge in [-0.3, -0.25) is 9.59 Å². The van der Waals surface area contributed by atoms with Gasteiger partial charge in [-0.05, 0) is 43.3 Å². The molecule has 32 heavy (non-hydrogen) atoms. The first-order valence-electron chi connectivity index (χ1n) is 9.66. The number of nitrogens with one attached hydrogen (secondary N) is 2. The molecule has 7 nitrogen and oxygen atoms in total. The number of thioether (sulfide) groups is 1. The molecule has 0 unspecified atom stereocenters. The van der Waals surface area contributed by atoms with Gasteiger partial charge in [0.25, 0.3) is 5.91 Å². The van der Waals surface area contributed by atoms with Gasteiger partial charge < -0.3 is 15.2 Å². The highest BCUT2D eigenvalue weighted by Gasteiger charge is 2.21. The van der Waals surface area contributed by atoms with E-state index in [1.165, 1.54) is 42.5 Å². The summed E-state index contributed by atoms with van der Waals surface area (Å²) in [6, 6.07) is 10.6. The van der Waals surface area contributed by atoms with Crippen LogP contribution in [0.15, 0.2) is 66.3 Å². The van der Waals surface area contributed by atoms with Crippen molar-refractivity contribution >= 4 is 29.3 Å². The Morgan fingerprint density at radius 1 is 1.16 bits per heavy atom. The van der Waals surface area contributed by atoms with Crippen molar-refractivity contribution in [3.8, 4) is 0 Å². The van der Waals surface area contributed by atoms with Crippen LogP contribution in [-0.4, -0.2) is 32.3 Å². The van der Waals surface area contributed by atoms with Gasteiger partial charge >= 0.3 is 0 Å². The van der Waals surface area contributed by atoms with Gasteiger partial charge in [0.05, 0.1) is 17.4 Å². The quantitative estimate of drug-likeness (QED) is 0.375. The molecule has 166 valence electrons. The minimum Gasteiger partial charge on any atom is -0.342 e. The van der Waals surface area contributed by atoms with Gasteiger partial charge in [-0.1, -0.05) is 30.0 Å². The lowest BCUT2D eigenvalue weighted by Crippen LogP contribution is -2.29. The van der Waals surface area contributed by atoms with E-state index in [1.807, 2.05) is 0 Å². The molecule has 10 heteroatoms. The van der Waals surface area contributed by atoms with E-state index in [0.29, 0.717) is 23.2 Å². The molecule has 0 bridgehead atoms. The van der Waals surface area contributed by atoms with Crippen LogP contribution in [0.25, 0.3) is 0 Å². The molecule has 2 aromatic carbocycles. The molecule has 2 N–H and O–H groups in total. The van der Waals surface area contributed by atoms with Crippen LogP contribution in [0, 0.1) is 11.6 Å². The molecule has 1 atom stereocenters. The zero-order valence-electron chi connectivity index (χ0n) is 17.2. The first-order chi connectivity index (χ1) is 15.4. The van der Waals surface area contributed by atoms with Crippen molar-refractivity contribution in [3.63, 3.8) is 0 Å². The number of carbonyl (C=O) groups excluding carboxylic acids is 2. The van der Waals surface area contributed by atoms with Crippen LogP contribution in [0.5, 0.6) is 0 Å². The summed E-state index contributed by atoms with van der Waals surface area (Å²) in [4.78, 5) is 24.6. The normalized spacial score (nSPS) is 11.6. The Morgan fingerprint density at radius 2 is 1.88 bits per heavy atom. The van der Waals surface area contributed by atoms with Crippen molar-refractivity contribution < 1.29 is 18.4 Å². The minimum absolute atomic E-state index is 0.0443. The molecule has 1 heterocycles. The fraction of sp³-hybridized carbons (Fsp3) is 0.182. The number of rotatable bonds is 9. The van der Waals surface area contributed by atoms with Gasteiger partial charge in [0.1, 0.15) is 11.6 Å². The van der Waals surface area contributed by atoms with E-state index in [2.05, 4.69) is 27.4 Å². The highest BCUT2D eigenvalue weighted by Crippen LogP contribution is 2.22. The van der Waals surface area contributed by atoms with Gasteiger partial charge in [0.15, 0.2) is 11.0 Å². The van der Waals surface area contributed by atoms with Crippen molar-refractivity contribution in [2.24, 2.45) is 0 Å². The molecule has 0 aliphatic rings. The zero-order chi connectivity index (χ0) is 23.1. The number of amides is 2. The first kappa shape index (κ1) is 23.1. The van der Waals surface area contributed by atoms with Crippen LogP contribution in [0.2, 0.25) is 0 Å². The maximum absolute atomic E-state index is 13.9. The molecular weight excluding hydrogens is 436 g/mol. The number of hydrogen-bond acceptors (Lipinski definition) is 5. The molecule has 3 aromatic rings. The molecule has 0 saturated heterocycles. The maximum Gasteiger partial charge on any atom is 0.254 e. The molecule has 0 saturated carbocycles. The van der Waals surface area contributed by atoms with Gasteiger partial charge in [0, 0.05) is 12.2 Å². The average molecular weight is 458 g/mol. The number of nitrogens with zero attached hydrogens (tertiary/aromatic N) is 3. The highest BCUT2D eigenvalue weighted by molar-refractivity contribution is 7.99. The molecule has 0 fully saturated rings. The number of aromatic nitrogens is 3. The molecule has 0 radical (unpaired) electrons. The standard InChI is InChI=1S/C22H21F2N5O2S/c1-3-12-29-20(14(2)25-21(31)17-6-4-5-7-18(17)24)27-28-22(29)32-13-19(30)26-16-10-8-15(23)9-11-16/h3-11,14H,1,12-13H2,2H3,(H,25,31)(H,26,30)/t14-/m0/s1. The Bertz CT molecular complexity index is 1120. The summed E-state index contributed by atoms with van der Waals surface area (Å²) in [5.74, 6) is -1.39. The van der Waals surface area contributed by atoms with Crippen molar-refractivity contribution in [2.45, 2.75) is 24.7 Å². The summed E-state index contributed by atoms with van der Waals surface area (Å²) in [5, 5.41) is 14.1. The highest BCUT2D eigenvalue weighted by atomic mass is 32.2. The minimum atomic E-state index is -0.617. The van der Waals surface area contributed by atoms with Crippen LogP contribution in [-0.2, 0) is 11.3 Å². The summed E-state index contributed by atoms with van der Waals surface area (Å²) < 4.78 is 28.6. The van der Waals surface area contributed by atoms with Crippen molar-refractivity contribution in [2.75, 3.05) is 11.1 Å². The summed E-state index contributed by atoms with van der Waals surface area (Å²) in [7, 11) is 0. The van der Waals surface area contributed by atoms with Crippen LogP contribution < -0.4 is 10.6 Å². The fourth-order valence-corrected chi connectivity index (χ4v) is 3.63. The lowest BCUT2D eigenvalue weighted by Gasteiger charge is -2.15. The summed E-state index contributed by atoms with van der Waals surface area (Å²) >= 11 is 1.16. The Labute approximate surface area is 187 Å². The van der Waals surface area contributed by atoms with Crippen molar-refractivity contribution in [1.82, 2.24) is 20.1 Å². The lowest BCUT2D eigenvalue weighted by molar-refractivity contribution is -0.113. The topological polar surface area (TPSA) is 88.9 Å². The number of hydrogen-bond donors (Lipinski definition) is 2. The molecular formula is C22H21F2N5O2S. The summed E-state index contributed by atoms with van der Waals surface area (Å²) in [6.07, 6.45) is 1.64. The van der Waals surface area contributed by atoms with Gasteiger partial charge in [-0.2, -0.15) is 0 Å². The largest absolute Gasteiger partial charge is 0.342 e. The van der Waals surface area contributed by atoms with Gasteiger partial charge in [-0.15, -0.1) is 16.8 Å². The van der Waals surface area contributed by atoms with Crippen LogP contribution >= 0.6 is 11.8 Å². The summed E-state index contributed by atoms with van der Waals surface area (Å²) in [5.41, 5.74) is 0.413. The molecule has 1 aromatic heterocycles. The Hall–Kier alpha value is -3.53. The Kier molecular flexibility index (Phi) is 7.72. The SMILES string of the molecule is C=CCn1c(SCC(=O)Nc2ccc(F)cc2)nnc1[C@H](C)NC(=O)c1ccccc1F. The van der Waals surface area contributed by atoms with Crippen molar-refractivity contribution in [3.05, 3.63) is 84.2 Å². The van der Waals surface area contributed by atoms with E-state index >= 15 is 0 Å². The molecule has 0 spiro atoms. The second-order valence-corrected chi connectivity index (χ2v) is 7.70. The predicted octanol–water partition coefficient (Wildman–Crippen LogP) is 3.96. The first-order valence-corrected chi connectivity index (χ1v) is 10.6. The van der Waals surface area contributed by atoms with E-state index in [-0.39, 0.29) is 17.2 Å². The summed E-state index contributed by atoms with van der Waals surface area (Å²) in [6.45, 7) is 5.78. The van der Waals surface area contributed by atoms with Gasteiger partial charge in [0.2, 0.25) is 5.91 Å². The van der Waals surface area contributed by atoms with E-state index in [9.17, 15) is 18.4 Å². The number of anilines is 1. The molecule has 2 amide bonds. The Morgan fingerprint density at radius 3 is 2.56 bits per heavy atom. The maximum atomic E-state index is 13.9. The van der Waals surface area contributed by atoms with Crippen molar-refractivity contribution in [1.29, 1.82) is 0 Å². The molecule has 0 aliphatic heterocycles. The molecule has 3 rings (SSSR count). The van der Waals surface area contributed by atoms with E-state index in [0.717, 1.165) is 11.8 Å². The lowest BCUT2D eigenvalue weighted by atomic mass is 10.2. The smallest absolute Gasteiger partial charge is 0.254 e. The van der Waals surface area contributed by atoms with Crippen LogP contribution in [0.1, 0.15) is 29.1 Å². The third-order valence-corrected chi connectivity index (χ3v) is 5.34. The van der Waals surface area contributed by atoms with Crippen LogP contribution in [0.3, 0.4) is 0 Å². The third-order valence-electron chi connectivity index (χ3n) is 4.37. The second kappa shape index (κ2) is 10.7.